The Bertz CT molecular complexity index is 185. The van der Waals surface area contributed by atoms with Crippen LogP contribution in [-0.2, 0) is 9.47 Å². The summed E-state index contributed by atoms with van der Waals surface area (Å²) < 4.78 is 11.2. The number of hydrogen-bond acceptors (Lipinski definition) is 4. The number of rotatable bonds is 4. The molecule has 1 heterocycles. The first kappa shape index (κ1) is 12.9. The van der Waals surface area contributed by atoms with E-state index in [1.54, 1.807) is 13.8 Å². The zero-order valence-corrected chi connectivity index (χ0v) is 9.93. The van der Waals surface area contributed by atoms with Crippen molar-refractivity contribution in [2.24, 2.45) is 0 Å². The lowest BCUT2D eigenvalue weighted by atomic mass is 10.0. The lowest BCUT2D eigenvalue weighted by Crippen LogP contribution is -2.41. The highest BCUT2D eigenvalue weighted by atomic mass is 16.8. The van der Waals surface area contributed by atoms with Crippen molar-refractivity contribution >= 4 is 0 Å². The molecule has 1 aliphatic heterocycles. The fourth-order valence-electron chi connectivity index (χ4n) is 1.88. The van der Waals surface area contributed by atoms with Crippen LogP contribution in [0.2, 0.25) is 0 Å². The largest absolute Gasteiger partial charge is 0.390 e. The molecule has 0 aromatic rings. The Labute approximate surface area is 91.2 Å². The van der Waals surface area contributed by atoms with Gasteiger partial charge in [-0.25, -0.2) is 0 Å². The van der Waals surface area contributed by atoms with E-state index in [1.165, 1.54) is 0 Å². The highest BCUT2D eigenvalue weighted by Gasteiger charge is 2.46. The molecular formula is C11H22O4. The van der Waals surface area contributed by atoms with Crippen molar-refractivity contribution in [3.8, 4) is 0 Å². The molecule has 0 aromatic carbocycles. The number of aliphatic hydroxyl groups is 2. The van der Waals surface area contributed by atoms with Crippen LogP contribution < -0.4 is 0 Å². The fraction of sp³-hybridized carbons (Fsp3) is 1.00. The Hall–Kier alpha value is -0.160. The van der Waals surface area contributed by atoms with E-state index in [1.807, 2.05) is 13.8 Å². The van der Waals surface area contributed by atoms with Crippen LogP contribution in [0, 0.1) is 0 Å². The van der Waals surface area contributed by atoms with Crippen molar-refractivity contribution in [1.29, 1.82) is 0 Å². The first-order valence-corrected chi connectivity index (χ1v) is 5.63. The normalized spacial score (nSPS) is 34.0. The molecule has 1 saturated heterocycles. The fourth-order valence-corrected chi connectivity index (χ4v) is 1.88. The SMILES string of the molecule is CCC(O)C1OC(C)(C)OC1C(O)CC. The van der Waals surface area contributed by atoms with E-state index in [4.69, 9.17) is 9.47 Å². The van der Waals surface area contributed by atoms with Gasteiger partial charge in [0.2, 0.25) is 0 Å². The molecule has 1 rings (SSSR count). The van der Waals surface area contributed by atoms with E-state index in [2.05, 4.69) is 0 Å². The second-order valence-corrected chi connectivity index (χ2v) is 4.52. The van der Waals surface area contributed by atoms with Gasteiger partial charge in [-0.15, -0.1) is 0 Å². The molecule has 0 aromatic heterocycles. The van der Waals surface area contributed by atoms with Crippen molar-refractivity contribution < 1.29 is 19.7 Å². The summed E-state index contributed by atoms with van der Waals surface area (Å²) in [5.74, 6) is -0.721. The summed E-state index contributed by atoms with van der Waals surface area (Å²) in [6, 6.07) is 0. The summed E-state index contributed by atoms with van der Waals surface area (Å²) in [5, 5.41) is 19.6. The van der Waals surface area contributed by atoms with Gasteiger partial charge in [-0.05, 0) is 26.7 Å². The molecule has 0 aliphatic carbocycles. The standard InChI is InChI=1S/C11H22O4/c1-5-7(12)9-10(8(13)6-2)15-11(3,4)14-9/h7-10,12-13H,5-6H2,1-4H3. The molecule has 0 spiro atoms. The summed E-state index contributed by atoms with van der Waals surface area (Å²) in [4.78, 5) is 0. The molecule has 0 amide bonds. The van der Waals surface area contributed by atoms with E-state index < -0.39 is 30.2 Å². The van der Waals surface area contributed by atoms with Crippen molar-refractivity contribution in [3.63, 3.8) is 0 Å². The quantitative estimate of drug-likeness (QED) is 0.740. The molecule has 0 bridgehead atoms. The monoisotopic (exact) mass is 218 g/mol. The van der Waals surface area contributed by atoms with Gasteiger partial charge in [0, 0.05) is 0 Å². The summed E-state index contributed by atoms with van der Waals surface area (Å²) in [6.07, 6.45) is -0.843. The van der Waals surface area contributed by atoms with E-state index >= 15 is 0 Å². The van der Waals surface area contributed by atoms with E-state index in [0.29, 0.717) is 12.8 Å². The third-order valence-corrected chi connectivity index (χ3v) is 2.76. The molecule has 1 aliphatic rings. The third kappa shape index (κ3) is 2.91. The first-order chi connectivity index (χ1) is 6.91. The predicted octanol–water partition coefficient (Wildman–Crippen LogP) is 1.05. The molecule has 15 heavy (non-hydrogen) atoms. The van der Waals surface area contributed by atoms with Crippen molar-refractivity contribution in [1.82, 2.24) is 0 Å². The molecule has 4 heteroatoms. The van der Waals surface area contributed by atoms with E-state index in [0.717, 1.165) is 0 Å². The number of hydrogen-bond donors (Lipinski definition) is 2. The highest BCUT2D eigenvalue weighted by molar-refractivity contribution is 4.89. The molecule has 0 radical (unpaired) electrons. The minimum Gasteiger partial charge on any atom is -0.390 e. The average Bonchev–Trinajstić information content (AvgIpc) is 2.52. The maximum Gasteiger partial charge on any atom is 0.164 e. The topological polar surface area (TPSA) is 58.9 Å². The Morgan fingerprint density at radius 1 is 1.00 bits per heavy atom. The first-order valence-electron chi connectivity index (χ1n) is 5.63. The van der Waals surface area contributed by atoms with Crippen molar-refractivity contribution in [3.05, 3.63) is 0 Å². The van der Waals surface area contributed by atoms with Gasteiger partial charge in [-0.1, -0.05) is 13.8 Å². The van der Waals surface area contributed by atoms with Crippen LogP contribution >= 0.6 is 0 Å². The smallest absolute Gasteiger partial charge is 0.164 e. The Morgan fingerprint density at radius 2 is 1.33 bits per heavy atom. The second-order valence-electron chi connectivity index (χ2n) is 4.52. The van der Waals surface area contributed by atoms with Gasteiger partial charge in [0.05, 0.1) is 12.2 Å². The second kappa shape index (κ2) is 4.78. The van der Waals surface area contributed by atoms with Crippen LogP contribution in [-0.4, -0.2) is 40.4 Å². The molecule has 4 unspecified atom stereocenters. The summed E-state index contributed by atoms with van der Waals surface area (Å²) in [7, 11) is 0. The van der Waals surface area contributed by atoms with Crippen LogP contribution in [0.25, 0.3) is 0 Å². The van der Waals surface area contributed by atoms with Gasteiger partial charge in [-0.3, -0.25) is 0 Å². The Balaban J connectivity index is 2.74. The van der Waals surface area contributed by atoms with Gasteiger partial charge in [-0.2, -0.15) is 0 Å². The Morgan fingerprint density at radius 3 is 1.60 bits per heavy atom. The summed E-state index contributed by atoms with van der Waals surface area (Å²) in [6.45, 7) is 7.36. The van der Waals surface area contributed by atoms with Gasteiger partial charge < -0.3 is 19.7 Å². The highest BCUT2D eigenvalue weighted by Crippen LogP contribution is 2.33. The van der Waals surface area contributed by atoms with Crippen molar-refractivity contribution in [2.75, 3.05) is 0 Å². The minimum atomic E-state index is -0.721. The van der Waals surface area contributed by atoms with Crippen molar-refractivity contribution in [2.45, 2.75) is 70.7 Å². The molecule has 1 fully saturated rings. The zero-order chi connectivity index (χ0) is 11.6. The zero-order valence-electron chi connectivity index (χ0n) is 9.93. The van der Waals surface area contributed by atoms with Crippen LogP contribution in [0.4, 0.5) is 0 Å². The average molecular weight is 218 g/mol. The third-order valence-electron chi connectivity index (χ3n) is 2.76. The van der Waals surface area contributed by atoms with Crippen LogP contribution in [0.3, 0.4) is 0 Å². The number of ether oxygens (including phenoxy) is 2. The summed E-state index contributed by atoms with van der Waals surface area (Å²) >= 11 is 0. The molecule has 90 valence electrons. The van der Waals surface area contributed by atoms with Gasteiger partial charge >= 0.3 is 0 Å². The molecular weight excluding hydrogens is 196 g/mol. The molecule has 2 N–H and O–H groups in total. The maximum absolute atomic E-state index is 9.79. The minimum absolute atomic E-state index is 0.431. The van der Waals surface area contributed by atoms with Crippen LogP contribution in [0.15, 0.2) is 0 Å². The van der Waals surface area contributed by atoms with E-state index in [-0.39, 0.29) is 0 Å². The molecule has 4 atom stereocenters. The van der Waals surface area contributed by atoms with Crippen LogP contribution in [0.1, 0.15) is 40.5 Å². The number of aliphatic hydroxyl groups excluding tert-OH is 2. The lowest BCUT2D eigenvalue weighted by molar-refractivity contribution is -0.160. The predicted molar refractivity (Wildman–Crippen MR) is 56.4 cm³/mol. The van der Waals surface area contributed by atoms with Gasteiger partial charge in [0.25, 0.3) is 0 Å². The maximum atomic E-state index is 9.79. The molecule has 0 saturated carbocycles. The van der Waals surface area contributed by atoms with E-state index in [9.17, 15) is 10.2 Å². The van der Waals surface area contributed by atoms with Gasteiger partial charge in [0.15, 0.2) is 5.79 Å². The summed E-state index contributed by atoms with van der Waals surface area (Å²) in [5.41, 5.74) is 0. The van der Waals surface area contributed by atoms with Crippen LogP contribution in [0.5, 0.6) is 0 Å². The lowest BCUT2D eigenvalue weighted by Gasteiger charge is -2.24. The molecule has 4 nitrogen and oxygen atoms in total. The van der Waals surface area contributed by atoms with Gasteiger partial charge in [0.1, 0.15) is 12.2 Å². The Kier molecular flexibility index (Phi) is 4.12.